The molecule has 0 spiro atoms. The predicted octanol–water partition coefficient (Wildman–Crippen LogP) is -2.90. The molecule has 0 saturated carbocycles. The van der Waals surface area contributed by atoms with Crippen LogP contribution in [0.5, 0.6) is 0 Å². The van der Waals surface area contributed by atoms with Crippen molar-refractivity contribution >= 4 is 25.2 Å². The molecular formula is H3AlO6P+. The first kappa shape index (κ1) is 15.8. The van der Waals surface area contributed by atoms with Crippen LogP contribution in [0.25, 0.3) is 0 Å². The number of hydrogen-bond acceptors (Lipinski definition) is 5. The van der Waals surface area contributed by atoms with E-state index in [2.05, 4.69) is 4.67 Å². The molecule has 0 aliphatic heterocycles. The molecule has 6 nitrogen and oxygen atoms in total. The van der Waals surface area contributed by atoms with Crippen molar-refractivity contribution in [2.75, 3.05) is 0 Å². The predicted molar refractivity (Wildman–Crippen MR) is 20.7 cm³/mol. The summed E-state index contributed by atoms with van der Waals surface area (Å²) >= 11 is 0. The van der Waals surface area contributed by atoms with Gasteiger partial charge in [-0.15, -0.1) is 0 Å². The van der Waals surface area contributed by atoms with Gasteiger partial charge in [0.2, 0.25) is 0 Å². The second kappa shape index (κ2) is 5.69. The van der Waals surface area contributed by atoms with Gasteiger partial charge in [0, 0.05) is 0 Å². The van der Waals surface area contributed by atoms with Crippen LogP contribution < -0.4 is 9.79 Å². The van der Waals surface area contributed by atoms with E-state index in [1.165, 1.54) is 0 Å². The van der Waals surface area contributed by atoms with Gasteiger partial charge in [-0.1, -0.05) is 0 Å². The maximum atomic E-state index is 9.00. The summed E-state index contributed by atoms with van der Waals surface area (Å²) in [6.45, 7) is 0. The van der Waals surface area contributed by atoms with Crippen molar-refractivity contribution < 1.29 is 29.8 Å². The Morgan fingerprint density at radius 3 is 1.62 bits per heavy atom. The molecule has 3 N–H and O–H groups in total. The largest absolute Gasteiger partial charge is 3.00 e. The molecule has 8 heteroatoms. The van der Waals surface area contributed by atoms with Crippen LogP contribution in [0.2, 0.25) is 0 Å². The van der Waals surface area contributed by atoms with Gasteiger partial charge in [-0.2, -0.15) is 0 Å². The molecule has 0 aromatic carbocycles. The molecule has 46 valence electrons. The summed E-state index contributed by atoms with van der Waals surface area (Å²) in [6, 6.07) is 0. The molecule has 0 aromatic rings. The van der Waals surface area contributed by atoms with E-state index >= 15 is 0 Å². The third-order valence-corrected chi connectivity index (χ3v) is 0.300. The third-order valence-electron chi connectivity index (χ3n) is 0.100. The molecule has 0 atom stereocenters. The summed E-state index contributed by atoms with van der Waals surface area (Å²) in [5.74, 6) is 0. The Morgan fingerprint density at radius 2 is 1.62 bits per heavy atom. The zero-order valence-electron chi connectivity index (χ0n) is 3.60. The van der Waals surface area contributed by atoms with Crippen molar-refractivity contribution in [3.63, 3.8) is 0 Å². The zero-order chi connectivity index (χ0) is 5.21. The number of hydrogen-bond donors (Lipinski definition) is 1. The summed E-state index contributed by atoms with van der Waals surface area (Å²) in [6.07, 6.45) is 0. The van der Waals surface area contributed by atoms with E-state index in [4.69, 9.17) is 19.6 Å². The Morgan fingerprint density at radius 1 is 1.50 bits per heavy atom. The van der Waals surface area contributed by atoms with Crippen LogP contribution in [-0.2, 0) is 9.24 Å². The minimum atomic E-state index is -5.09. The Bertz CT molecular complexity index is 72.6. The molecule has 0 saturated heterocycles. The van der Waals surface area contributed by atoms with Crippen LogP contribution in [0.1, 0.15) is 0 Å². The van der Waals surface area contributed by atoms with Gasteiger partial charge >= 0.3 is 17.4 Å². The fourth-order valence-electron chi connectivity index (χ4n) is 0. The van der Waals surface area contributed by atoms with E-state index in [0.29, 0.717) is 0 Å². The molecule has 0 fully saturated rings. The van der Waals surface area contributed by atoms with E-state index in [-0.39, 0.29) is 22.8 Å². The van der Waals surface area contributed by atoms with Crippen LogP contribution in [0, 0.1) is 0 Å². The van der Waals surface area contributed by atoms with Gasteiger partial charge in [-0.3, -0.25) is 0 Å². The van der Waals surface area contributed by atoms with Crippen molar-refractivity contribution in [2.45, 2.75) is 0 Å². The van der Waals surface area contributed by atoms with Gasteiger partial charge in [0.1, 0.15) is 0 Å². The first-order valence-corrected chi connectivity index (χ1v) is 2.37. The number of rotatable bonds is 1. The van der Waals surface area contributed by atoms with Crippen LogP contribution in [-0.4, -0.2) is 28.1 Å². The molecule has 8 heavy (non-hydrogen) atoms. The molecule has 0 aliphatic rings. The Balaban J connectivity index is -0.000000125. The molecule has 0 unspecified atom stereocenters. The summed E-state index contributed by atoms with van der Waals surface area (Å²) in [5.41, 5.74) is 0. The van der Waals surface area contributed by atoms with Crippen molar-refractivity contribution in [3.05, 3.63) is 0 Å². The molecule has 0 bridgehead atoms. The summed E-state index contributed by atoms with van der Waals surface area (Å²) in [5, 5.41) is 7.01. The Kier molecular flexibility index (Phi) is 11.3. The molecular weight excluding hydrogens is 154 g/mol. The smallest absolute Gasteiger partial charge is 0.788 e. The van der Waals surface area contributed by atoms with E-state index in [1.807, 2.05) is 0 Å². The minimum Gasteiger partial charge on any atom is -0.788 e. The molecule has 0 rings (SSSR count). The van der Waals surface area contributed by atoms with Crippen molar-refractivity contribution in [3.8, 4) is 0 Å². The maximum Gasteiger partial charge on any atom is 3.00 e. The zero-order valence-corrected chi connectivity index (χ0v) is 5.65. The minimum absolute atomic E-state index is 0. The number of phosphoric acid groups is 1. The molecule has 0 heterocycles. The van der Waals surface area contributed by atoms with Gasteiger partial charge in [0.25, 0.3) is 0 Å². The first-order valence-electron chi connectivity index (χ1n) is 0.913. The normalized spacial score (nSPS) is 8.88. The van der Waals surface area contributed by atoms with E-state index in [0.717, 1.165) is 0 Å². The topological polar surface area (TPSA) is 124 Å². The molecule has 0 amide bonds. The monoisotopic (exact) mass is 157 g/mol. The van der Waals surface area contributed by atoms with E-state index in [1.54, 1.807) is 0 Å². The van der Waals surface area contributed by atoms with Gasteiger partial charge < -0.3 is 19.8 Å². The van der Waals surface area contributed by atoms with Gasteiger partial charge in [-0.25, -0.2) is 9.93 Å². The molecule has 0 aromatic heterocycles. The summed E-state index contributed by atoms with van der Waals surface area (Å²) < 4.78 is 11.4. The summed E-state index contributed by atoms with van der Waals surface area (Å²) in [4.78, 5) is 18.0. The third kappa shape index (κ3) is 16.0. The fourth-order valence-corrected chi connectivity index (χ4v) is 0. The van der Waals surface area contributed by atoms with Gasteiger partial charge in [0.05, 0.1) is 7.82 Å². The average molecular weight is 157 g/mol. The fraction of sp³-hybridized carbons (Fsp3) is 0. The second-order valence-electron chi connectivity index (χ2n) is 0.529. The molecule has 0 aliphatic carbocycles. The van der Waals surface area contributed by atoms with Crippen molar-refractivity contribution in [1.29, 1.82) is 0 Å². The van der Waals surface area contributed by atoms with E-state index < -0.39 is 7.82 Å². The van der Waals surface area contributed by atoms with Gasteiger partial charge in [-0.05, 0) is 0 Å². The van der Waals surface area contributed by atoms with Crippen LogP contribution in [0.4, 0.5) is 0 Å². The van der Waals surface area contributed by atoms with Crippen LogP contribution in [0.3, 0.4) is 0 Å². The average Bonchev–Trinajstić information content (AvgIpc) is 1.35. The van der Waals surface area contributed by atoms with Crippen molar-refractivity contribution in [2.24, 2.45) is 0 Å². The van der Waals surface area contributed by atoms with Crippen molar-refractivity contribution in [1.82, 2.24) is 0 Å². The van der Waals surface area contributed by atoms with Crippen LogP contribution >= 0.6 is 7.82 Å². The maximum absolute atomic E-state index is 9.00. The standard InChI is InChI=1S/Al.H3O5P.H2O/c;1-5-6(2,3)4;/h;1H,(H2,2,3,4);1H2/q+3;;/p-2. The Hall–Kier alpha value is 0.562. The summed E-state index contributed by atoms with van der Waals surface area (Å²) in [7, 11) is -5.09. The van der Waals surface area contributed by atoms with Gasteiger partial charge in [0.15, 0.2) is 0 Å². The first-order chi connectivity index (χ1) is 2.56. The quantitative estimate of drug-likeness (QED) is 0.189. The van der Waals surface area contributed by atoms with E-state index in [9.17, 15) is 0 Å². The second-order valence-corrected chi connectivity index (χ2v) is 1.59. The SMILES string of the molecule is O.O=P([O-])([O-])OO.[Al+3]. The van der Waals surface area contributed by atoms with Crippen LogP contribution in [0.15, 0.2) is 0 Å². The molecule has 0 radical (unpaired) electrons. The Labute approximate surface area is 55.7 Å².